The Labute approximate surface area is 214 Å². The number of amides is 2. The van der Waals surface area contributed by atoms with Gasteiger partial charge >= 0.3 is 0 Å². The van der Waals surface area contributed by atoms with Gasteiger partial charge in [0.2, 0.25) is 0 Å². The number of hydrogen-bond acceptors (Lipinski definition) is 5. The van der Waals surface area contributed by atoms with Gasteiger partial charge in [0.25, 0.3) is 11.8 Å². The molecule has 33 heavy (non-hydrogen) atoms. The van der Waals surface area contributed by atoms with Crippen LogP contribution in [-0.2, 0) is 4.79 Å². The molecule has 0 bridgehead atoms. The Morgan fingerprint density at radius 1 is 1.09 bits per heavy atom. The number of para-hydroxylation sites is 1. The van der Waals surface area contributed by atoms with Crippen LogP contribution in [0.15, 0.2) is 65.8 Å². The number of ether oxygens (including phenoxy) is 2. The number of carbonyl (C=O) groups excluding carboxylic acids is 2. The third kappa shape index (κ3) is 7.08. The molecule has 10 heteroatoms. The molecule has 2 N–H and O–H groups in total. The number of halogens is 3. The molecule has 0 atom stereocenters. The molecule has 0 aliphatic rings. The summed E-state index contributed by atoms with van der Waals surface area (Å²) in [6, 6.07) is 16.8. The van der Waals surface area contributed by atoms with E-state index in [-0.39, 0.29) is 18.4 Å². The Morgan fingerprint density at radius 2 is 1.82 bits per heavy atom. The van der Waals surface area contributed by atoms with Gasteiger partial charge in [-0.25, -0.2) is 5.43 Å². The normalized spacial score (nSPS) is 10.7. The number of hydrazone groups is 1. The number of rotatable bonds is 8. The maximum atomic E-state index is 12.2. The highest BCUT2D eigenvalue weighted by Gasteiger charge is 2.14. The molecule has 3 aromatic carbocycles. The molecule has 2 amide bonds. The van der Waals surface area contributed by atoms with Crippen LogP contribution in [0.4, 0.5) is 5.69 Å². The first-order valence-corrected chi connectivity index (χ1v) is 11.3. The van der Waals surface area contributed by atoms with Crippen LogP contribution in [0.3, 0.4) is 0 Å². The van der Waals surface area contributed by atoms with Crippen molar-refractivity contribution in [2.24, 2.45) is 5.10 Å². The largest absolute Gasteiger partial charge is 0.493 e. The van der Waals surface area contributed by atoms with E-state index in [1.807, 2.05) is 0 Å². The van der Waals surface area contributed by atoms with E-state index in [0.29, 0.717) is 41.9 Å². The molecule has 0 heterocycles. The number of hydrogen-bond donors (Lipinski definition) is 2. The van der Waals surface area contributed by atoms with Gasteiger partial charge in [0.15, 0.2) is 18.1 Å². The van der Waals surface area contributed by atoms with Crippen LogP contribution in [-0.4, -0.2) is 31.7 Å². The molecule has 3 rings (SSSR count). The summed E-state index contributed by atoms with van der Waals surface area (Å²) in [5, 5.41) is 7.65. The first kappa shape index (κ1) is 24.8. The standard InChI is InChI=1S/C23H18Cl2IN3O4/c1-32-20-11-14(12-27-29-23(31)15-6-8-16(24)9-7-15)10-18(26)22(20)33-13-21(30)28-19-5-3-2-4-17(19)25/h2-12H,13H2,1H3,(H,28,30)(H,29,31)/b27-12+. The molecular weight excluding hydrogens is 580 g/mol. The number of methoxy groups -OCH3 is 1. The Bertz CT molecular complexity index is 1190. The van der Waals surface area contributed by atoms with Gasteiger partial charge in [-0.2, -0.15) is 5.10 Å². The van der Waals surface area contributed by atoms with Gasteiger partial charge in [-0.1, -0.05) is 35.3 Å². The molecule has 0 fully saturated rings. The zero-order valence-electron chi connectivity index (χ0n) is 17.3. The van der Waals surface area contributed by atoms with E-state index in [1.54, 1.807) is 60.7 Å². The van der Waals surface area contributed by atoms with Crippen molar-refractivity contribution in [1.29, 1.82) is 0 Å². The lowest BCUT2D eigenvalue weighted by atomic mass is 10.2. The first-order valence-electron chi connectivity index (χ1n) is 9.51. The number of anilines is 1. The minimum atomic E-state index is -0.367. The molecule has 3 aromatic rings. The topological polar surface area (TPSA) is 89.0 Å². The van der Waals surface area contributed by atoms with E-state index in [0.717, 1.165) is 0 Å². The summed E-state index contributed by atoms with van der Waals surface area (Å²) in [4.78, 5) is 24.4. The second-order valence-corrected chi connectivity index (χ2v) is 8.56. The molecule has 0 saturated carbocycles. The van der Waals surface area contributed by atoms with Crippen molar-refractivity contribution in [1.82, 2.24) is 5.43 Å². The smallest absolute Gasteiger partial charge is 0.271 e. The van der Waals surface area contributed by atoms with Gasteiger partial charge in [-0.05, 0) is 76.7 Å². The molecule has 0 radical (unpaired) electrons. The number of carbonyl (C=O) groups is 2. The molecule has 0 unspecified atom stereocenters. The van der Waals surface area contributed by atoms with E-state index in [9.17, 15) is 9.59 Å². The maximum absolute atomic E-state index is 12.2. The quantitative estimate of drug-likeness (QED) is 0.207. The molecule has 7 nitrogen and oxygen atoms in total. The second-order valence-electron chi connectivity index (χ2n) is 6.56. The molecular formula is C23H18Cl2IN3O4. The van der Waals surface area contributed by atoms with Gasteiger partial charge in [0.1, 0.15) is 0 Å². The summed E-state index contributed by atoms with van der Waals surface area (Å²) in [7, 11) is 1.49. The number of benzene rings is 3. The lowest BCUT2D eigenvalue weighted by Crippen LogP contribution is -2.21. The van der Waals surface area contributed by atoms with Crippen molar-refractivity contribution in [2.45, 2.75) is 0 Å². The van der Waals surface area contributed by atoms with Crippen LogP contribution < -0.4 is 20.2 Å². The molecule has 0 aromatic heterocycles. The Balaban J connectivity index is 1.63. The molecule has 170 valence electrons. The zero-order valence-corrected chi connectivity index (χ0v) is 20.9. The van der Waals surface area contributed by atoms with E-state index in [1.165, 1.54) is 13.3 Å². The fourth-order valence-electron chi connectivity index (χ4n) is 2.67. The molecule has 0 aliphatic heterocycles. The van der Waals surface area contributed by atoms with Crippen LogP contribution in [0, 0.1) is 3.57 Å². The molecule has 0 spiro atoms. The van der Waals surface area contributed by atoms with Crippen LogP contribution in [0.5, 0.6) is 11.5 Å². The average Bonchev–Trinajstić information content (AvgIpc) is 2.80. The van der Waals surface area contributed by atoms with E-state index < -0.39 is 0 Å². The highest BCUT2D eigenvalue weighted by Crippen LogP contribution is 2.33. The van der Waals surface area contributed by atoms with Crippen molar-refractivity contribution in [2.75, 3.05) is 19.0 Å². The lowest BCUT2D eigenvalue weighted by molar-refractivity contribution is -0.118. The maximum Gasteiger partial charge on any atom is 0.271 e. The van der Waals surface area contributed by atoms with Crippen LogP contribution in [0.1, 0.15) is 15.9 Å². The third-order valence-electron chi connectivity index (χ3n) is 4.23. The summed E-state index contributed by atoms with van der Waals surface area (Å²) >= 11 is 14.0. The van der Waals surface area contributed by atoms with Crippen molar-refractivity contribution in [3.05, 3.63) is 85.4 Å². The zero-order chi connectivity index (χ0) is 23.8. The number of nitrogens with one attached hydrogen (secondary N) is 2. The average molecular weight is 598 g/mol. The Morgan fingerprint density at radius 3 is 2.52 bits per heavy atom. The second kappa shape index (κ2) is 11.9. The minimum Gasteiger partial charge on any atom is -0.493 e. The number of nitrogens with zero attached hydrogens (tertiary/aromatic N) is 1. The van der Waals surface area contributed by atoms with Crippen molar-refractivity contribution < 1.29 is 19.1 Å². The predicted octanol–water partition coefficient (Wildman–Crippen LogP) is 5.39. The summed E-state index contributed by atoms with van der Waals surface area (Å²) in [5.41, 5.74) is 4.06. The molecule has 0 saturated heterocycles. The van der Waals surface area contributed by atoms with Gasteiger partial charge < -0.3 is 14.8 Å². The van der Waals surface area contributed by atoms with Crippen molar-refractivity contribution in [3.63, 3.8) is 0 Å². The van der Waals surface area contributed by atoms with E-state index in [2.05, 4.69) is 38.4 Å². The summed E-state index contributed by atoms with van der Waals surface area (Å²) in [6.45, 7) is -0.234. The third-order valence-corrected chi connectivity index (χ3v) is 5.62. The summed E-state index contributed by atoms with van der Waals surface area (Å²) in [5.74, 6) is 0.0956. The lowest BCUT2D eigenvalue weighted by Gasteiger charge is -2.14. The van der Waals surface area contributed by atoms with Gasteiger partial charge in [0.05, 0.1) is 27.6 Å². The first-order chi connectivity index (χ1) is 15.9. The highest BCUT2D eigenvalue weighted by atomic mass is 127. The Kier molecular flexibility index (Phi) is 8.93. The highest BCUT2D eigenvalue weighted by molar-refractivity contribution is 14.1. The SMILES string of the molecule is COc1cc(/C=N/NC(=O)c2ccc(Cl)cc2)cc(I)c1OCC(=O)Nc1ccccc1Cl. The van der Waals surface area contributed by atoms with E-state index >= 15 is 0 Å². The van der Waals surface area contributed by atoms with Crippen LogP contribution in [0.25, 0.3) is 0 Å². The van der Waals surface area contributed by atoms with Gasteiger partial charge in [-0.15, -0.1) is 0 Å². The predicted molar refractivity (Wildman–Crippen MR) is 138 cm³/mol. The fourth-order valence-corrected chi connectivity index (χ4v) is 3.76. The van der Waals surface area contributed by atoms with Gasteiger partial charge in [0, 0.05) is 10.6 Å². The van der Waals surface area contributed by atoms with Gasteiger partial charge in [-0.3, -0.25) is 9.59 Å². The summed E-state index contributed by atoms with van der Waals surface area (Å²) in [6.07, 6.45) is 1.48. The Hall–Kier alpha value is -2.82. The fraction of sp³-hybridized carbons (Fsp3) is 0.0870. The monoisotopic (exact) mass is 597 g/mol. The van der Waals surface area contributed by atoms with Crippen molar-refractivity contribution in [3.8, 4) is 11.5 Å². The van der Waals surface area contributed by atoms with Crippen molar-refractivity contribution >= 4 is 69.5 Å². The minimum absolute atomic E-state index is 0.234. The van der Waals surface area contributed by atoms with Crippen LogP contribution in [0.2, 0.25) is 10.0 Å². The molecule has 0 aliphatic carbocycles. The van der Waals surface area contributed by atoms with Crippen LogP contribution >= 0.6 is 45.8 Å². The van der Waals surface area contributed by atoms with E-state index in [4.69, 9.17) is 32.7 Å². The summed E-state index contributed by atoms with van der Waals surface area (Å²) < 4.78 is 11.8.